The molecule has 12 heteroatoms. The number of amides is 2. The molecule has 0 spiro atoms. The lowest BCUT2D eigenvalue weighted by Crippen LogP contribution is -2.27. The molecule has 2 aromatic rings. The van der Waals surface area contributed by atoms with Crippen LogP contribution in [0.4, 0.5) is 10.5 Å². The maximum atomic E-state index is 13.2. The number of hydrogen-bond acceptors (Lipinski definition) is 9. The summed E-state index contributed by atoms with van der Waals surface area (Å²) < 4.78 is 31.4. The van der Waals surface area contributed by atoms with Crippen molar-refractivity contribution in [3.05, 3.63) is 62.5 Å². The van der Waals surface area contributed by atoms with Gasteiger partial charge in [-0.2, -0.15) is 0 Å². The molecule has 1 saturated carbocycles. The molecule has 10 nitrogen and oxygen atoms in total. The molecule has 0 saturated heterocycles. The van der Waals surface area contributed by atoms with Crippen LogP contribution in [0.15, 0.2) is 51.9 Å². The van der Waals surface area contributed by atoms with Gasteiger partial charge in [-0.1, -0.05) is 6.08 Å². The first-order valence-electron chi connectivity index (χ1n) is 12.4. The Bertz CT molecular complexity index is 1450. The molecule has 2 aliphatic carbocycles. The highest BCUT2D eigenvalue weighted by molar-refractivity contribution is 7.95. The number of Topliss-reactive ketones (excluding diaryl/α,β-unsaturated/α-hetero) is 1. The van der Waals surface area contributed by atoms with Crippen LogP contribution < -0.4 is 16.4 Å². The number of benzene rings is 1. The van der Waals surface area contributed by atoms with E-state index in [2.05, 4.69) is 15.6 Å². The summed E-state index contributed by atoms with van der Waals surface area (Å²) in [6.45, 7) is 0.382. The van der Waals surface area contributed by atoms with Gasteiger partial charge >= 0.3 is 6.09 Å². The van der Waals surface area contributed by atoms with Crippen molar-refractivity contribution in [2.75, 3.05) is 11.9 Å². The standard InChI is InChI=1S/C26H28N4O6S2/c27-26(33)36-17-7-4-15(5-8-17)10-24-29-12-18(37-24)13-30-25(32)16-6-9-23-20(11-16)28-14-19-21(31)2-1-3-22(19)38(23,34)35/h1,3,6,9,11-12,15,17,28H,2,4-5,7-8,10,13-14H2,(H2,27,33)(H,30,32). The van der Waals surface area contributed by atoms with Gasteiger partial charge in [0.15, 0.2) is 5.78 Å². The Morgan fingerprint density at radius 3 is 2.76 bits per heavy atom. The third kappa shape index (κ3) is 5.51. The van der Waals surface area contributed by atoms with Gasteiger partial charge in [-0.05, 0) is 55.9 Å². The minimum Gasteiger partial charge on any atom is -0.446 e. The number of aromatic nitrogens is 1. The van der Waals surface area contributed by atoms with Crippen LogP contribution in [-0.4, -0.2) is 43.8 Å². The number of rotatable bonds is 6. The van der Waals surface area contributed by atoms with Crippen molar-refractivity contribution in [2.45, 2.75) is 56.1 Å². The fraction of sp³-hybridized carbons (Fsp3) is 0.385. The van der Waals surface area contributed by atoms with E-state index in [9.17, 15) is 22.8 Å². The van der Waals surface area contributed by atoms with E-state index in [-0.39, 0.29) is 46.1 Å². The largest absolute Gasteiger partial charge is 0.446 e. The number of carbonyl (C=O) groups excluding carboxylic acids is 3. The van der Waals surface area contributed by atoms with E-state index in [0.29, 0.717) is 23.7 Å². The summed E-state index contributed by atoms with van der Waals surface area (Å²) in [5, 5.41) is 6.89. The zero-order chi connectivity index (χ0) is 26.9. The summed E-state index contributed by atoms with van der Waals surface area (Å²) in [5.74, 6) is -0.101. The van der Waals surface area contributed by atoms with Crippen LogP contribution >= 0.6 is 11.3 Å². The molecule has 38 heavy (non-hydrogen) atoms. The van der Waals surface area contributed by atoms with Gasteiger partial charge in [-0.15, -0.1) is 11.3 Å². The Labute approximate surface area is 224 Å². The molecule has 1 fully saturated rings. The van der Waals surface area contributed by atoms with Crippen LogP contribution in [0.2, 0.25) is 0 Å². The van der Waals surface area contributed by atoms with Crippen LogP contribution in [-0.2, 0) is 32.3 Å². The van der Waals surface area contributed by atoms with Gasteiger partial charge < -0.3 is 21.1 Å². The Morgan fingerprint density at radius 2 is 2.00 bits per heavy atom. The maximum absolute atomic E-state index is 13.2. The van der Waals surface area contributed by atoms with Crippen molar-refractivity contribution >= 4 is 44.6 Å². The molecule has 4 N–H and O–H groups in total. The summed E-state index contributed by atoms with van der Waals surface area (Å²) in [4.78, 5) is 41.5. The Hall–Kier alpha value is -3.51. The average molecular weight is 557 g/mol. The number of sulfone groups is 1. The van der Waals surface area contributed by atoms with Crippen molar-refractivity contribution in [2.24, 2.45) is 11.7 Å². The monoisotopic (exact) mass is 556 g/mol. The first-order chi connectivity index (χ1) is 18.2. The summed E-state index contributed by atoms with van der Waals surface area (Å²) in [5.41, 5.74) is 5.95. The molecule has 3 aliphatic rings. The normalized spacial score (nSPS) is 22.1. The van der Waals surface area contributed by atoms with E-state index in [1.807, 2.05) is 0 Å². The zero-order valence-electron chi connectivity index (χ0n) is 20.6. The molecule has 0 radical (unpaired) electrons. The highest BCUT2D eigenvalue weighted by atomic mass is 32.2. The van der Waals surface area contributed by atoms with E-state index in [0.717, 1.165) is 42.0 Å². The molecular weight excluding hydrogens is 528 g/mol. The van der Waals surface area contributed by atoms with Gasteiger partial charge in [0, 0.05) is 41.6 Å². The van der Waals surface area contributed by atoms with Crippen LogP contribution in [0.3, 0.4) is 0 Å². The van der Waals surface area contributed by atoms with Gasteiger partial charge in [-0.3, -0.25) is 9.59 Å². The average Bonchev–Trinajstić information content (AvgIpc) is 3.29. The lowest BCUT2D eigenvalue weighted by molar-refractivity contribution is -0.114. The second-order valence-corrected chi connectivity index (χ2v) is 12.7. The summed E-state index contributed by atoms with van der Waals surface area (Å²) in [7, 11) is -3.88. The number of anilines is 1. The smallest absolute Gasteiger partial charge is 0.404 e. The van der Waals surface area contributed by atoms with Gasteiger partial charge in [0.1, 0.15) is 6.10 Å². The quantitative estimate of drug-likeness (QED) is 0.489. The molecule has 1 aliphatic heterocycles. The third-order valence-corrected chi connectivity index (χ3v) is 9.96. The second kappa shape index (κ2) is 10.7. The van der Waals surface area contributed by atoms with E-state index in [4.69, 9.17) is 10.5 Å². The molecule has 1 aromatic carbocycles. The lowest BCUT2D eigenvalue weighted by atomic mass is 9.85. The predicted octanol–water partition coefficient (Wildman–Crippen LogP) is 3.25. The van der Waals surface area contributed by atoms with Gasteiger partial charge in [-0.25, -0.2) is 18.2 Å². The summed E-state index contributed by atoms with van der Waals surface area (Å²) in [6.07, 6.45) is 8.45. The number of nitrogens with one attached hydrogen (secondary N) is 2. The minimum atomic E-state index is -3.88. The van der Waals surface area contributed by atoms with Crippen molar-refractivity contribution in [1.82, 2.24) is 10.3 Å². The number of ketones is 1. The fourth-order valence-electron chi connectivity index (χ4n) is 5.08. The van der Waals surface area contributed by atoms with Crippen molar-refractivity contribution < 1.29 is 27.5 Å². The number of ether oxygens (including phenoxy) is 1. The number of primary amides is 1. The number of carbonyl (C=O) groups is 3. The number of thiazole rings is 1. The lowest BCUT2D eigenvalue weighted by Gasteiger charge is -2.27. The molecule has 2 heterocycles. The SMILES string of the molecule is NC(=O)OC1CCC(Cc2ncc(CNC(=O)c3ccc4c(c3)NCC3=C(C=CCC3=O)S4(=O)=O)s2)CC1. The van der Waals surface area contributed by atoms with E-state index < -0.39 is 15.9 Å². The van der Waals surface area contributed by atoms with E-state index in [1.165, 1.54) is 24.3 Å². The molecule has 0 atom stereocenters. The highest BCUT2D eigenvalue weighted by Gasteiger charge is 2.32. The highest BCUT2D eigenvalue weighted by Crippen LogP contribution is 2.35. The first kappa shape index (κ1) is 26.1. The fourth-order valence-corrected chi connectivity index (χ4v) is 7.74. The van der Waals surface area contributed by atoms with Crippen LogP contribution in [0, 0.1) is 5.92 Å². The van der Waals surface area contributed by atoms with Gasteiger partial charge in [0.05, 0.1) is 27.0 Å². The first-order valence-corrected chi connectivity index (χ1v) is 14.7. The molecule has 200 valence electrons. The van der Waals surface area contributed by atoms with Crippen molar-refractivity contribution in [1.29, 1.82) is 0 Å². The maximum Gasteiger partial charge on any atom is 0.404 e. The number of allylic oxidation sites excluding steroid dienone is 2. The topological polar surface area (TPSA) is 158 Å². The molecule has 0 bridgehead atoms. The van der Waals surface area contributed by atoms with Crippen molar-refractivity contribution in [3.63, 3.8) is 0 Å². The number of nitrogens with zero attached hydrogens (tertiary/aromatic N) is 1. The van der Waals surface area contributed by atoms with Crippen LogP contribution in [0.5, 0.6) is 0 Å². The molecule has 1 aromatic heterocycles. The minimum absolute atomic E-state index is 0.0187. The van der Waals surface area contributed by atoms with Crippen molar-refractivity contribution in [3.8, 4) is 0 Å². The Kier molecular flexibility index (Phi) is 7.35. The molecule has 5 rings (SSSR count). The number of nitrogens with two attached hydrogens (primary N) is 1. The Balaban J connectivity index is 1.18. The third-order valence-electron chi connectivity index (χ3n) is 7.05. The number of fused-ring (bicyclic) bond motifs is 1. The zero-order valence-corrected chi connectivity index (χ0v) is 22.2. The summed E-state index contributed by atoms with van der Waals surface area (Å²) >= 11 is 1.55. The molecular formula is C26H28N4O6S2. The molecule has 2 amide bonds. The Morgan fingerprint density at radius 1 is 1.21 bits per heavy atom. The van der Waals surface area contributed by atoms with E-state index >= 15 is 0 Å². The van der Waals surface area contributed by atoms with Crippen LogP contribution in [0.25, 0.3) is 0 Å². The predicted molar refractivity (Wildman–Crippen MR) is 141 cm³/mol. The van der Waals surface area contributed by atoms with Gasteiger partial charge in [0.25, 0.3) is 5.91 Å². The molecule has 0 unspecified atom stereocenters. The van der Waals surface area contributed by atoms with Crippen LogP contribution in [0.1, 0.15) is 52.3 Å². The van der Waals surface area contributed by atoms with E-state index in [1.54, 1.807) is 23.6 Å². The van der Waals surface area contributed by atoms with Gasteiger partial charge in [0.2, 0.25) is 9.84 Å². The summed E-state index contributed by atoms with van der Waals surface area (Å²) in [6, 6.07) is 4.39. The second-order valence-electron chi connectivity index (χ2n) is 9.63. The number of hydrogen-bond donors (Lipinski definition) is 3.